The van der Waals surface area contributed by atoms with Gasteiger partial charge in [0.25, 0.3) is 0 Å². The molecule has 1 aromatic heterocycles. The fourth-order valence-corrected chi connectivity index (χ4v) is 0.785. The first kappa shape index (κ1) is 8.63. The molecule has 0 aromatic carbocycles. The average molecular weight is 161 g/mol. The minimum Gasteiger partial charge on any atom is -0.538 e. The van der Waals surface area contributed by atoms with E-state index < -0.39 is 0 Å². The number of hydrogen-bond donors (Lipinski definition) is 1. The van der Waals surface area contributed by atoms with Crippen LogP contribution < -0.4 is 4.65 Å². The van der Waals surface area contributed by atoms with E-state index in [4.69, 9.17) is 9.68 Å². The van der Waals surface area contributed by atoms with E-state index >= 15 is 0 Å². The van der Waals surface area contributed by atoms with Crippen molar-refractivity contribution < 1.29 is 9.68 Å². The maximum atomic E-state index is 8.45. The molecule has 0 bridgehead atoms. The lowest BCUT2D eigenvalue weighted by Gasteiger charge is -1.99. The molecule has 0 amide bonds. The molecule has 0 fully saturated rings. The molecule has 1 aromatic rings. The maximum absolute atomic E-state index is 8.45. The monoisotopic (exact) mass is 161 g/mol. The van der Waals surface area contributed by atoms with E-state index in [1.54, 1.807) is 19.2 Å². The van der Waals surface area contributed by atoms with Gasteiger partial charge < -0.3 is 9.68 Å². The van der Waals surface area contributed by atoms with Gasteiger partial charge in [-0.15, -0.1) is 5.92 Å². The van der Waals surface area contributed by atoms with Crippen LogP contribution in [0.3, 0.4) is 0 Å². The van der Waals surface area contributed by atoms with Crippen molar-refractivity contribution in [2.75, 3.05) is 0 Å². The predicted molar refractivity (Wildman–Crippen MR) is 46.8 cm³/mol. The van der Waals surface area contributed by atoms with Crippen LogP contribution in [-0.4, -0.2) is 17.7 Å². The topological polar surface area (TPSA) is 42.4 Å². The first-order chi connectivity index (χ1) is 5.86. The van der Waals surface area contributed by atoms with Crippen LogP contribution in [0.1, 0.15) is 12.5 Å². The fourth-order valence-electron chi connectivity index (χ4n) is 0.785. The van der Waals surface area contributed by atoms with Crippen molar-refractivity contribution in [3.63, 3.8) is 0 Å². The van der Waals surface area contributed by atoms with Crippen molar-refractivity contribution in [3.05, 3.63) is 24.0 Å². The van der Waals surface area contributed by atoms with Crippen LogP contribution in [0.5, 0.6) is 5.75 Å². The summed E-state index contributed by atoms with van der Waals surface area (Å²) in [5.74, 6) is 6.10. The van der Waals surface area contributed by atoms with Crippen molar-refractivity contribution in [3.8, 4) is 17.6 Å². The predicted octanol–water partition coefficient (Wildman–Crippen LogP) is 0.0906. The molecule has 4 heteroatoms. The summed E-state index contributed by atoms with van der Waals surface area (Å²) >= 11 is 0. The van der Waals surface area contributed by atoms with Gasteiger partial charge in [0.1, 0.15) is 5.75 Å². The molecule has 60 valence electrons. The van der Waals surface area contributed by atoms with Gasteiger partial charge in [-0.05, 0) is 13.0 Å². The highest BCUT2D eigenvalue weighted by Gasteiger charge is 1.94. The summed E-state index contributed by atoms with van der Waals surface area (Å²) in [6.07, 6.45) is 3.16. The quantitative estimate of drug-likeness (QED) is 0.493. The summed E-state index contributed by atoms with van der Waals surface area (Å²) in [7, 11) is -0.343. The van der Waals surface area contributed by atoms with Gasteiger partial charge in [0.2, 0.25) is 0 Å². The molecular formula is C8H8BNO2. The Balaban J connectivity index is 2.85. The van der Waals surface area contributed by atoms with Crippen LogP contribution in [0.2, 0.25) is 0 Å². The third-order valence-corrected chi connectivity index (χ3v) is 1.21. The van der Waals surface area contributed by atoms with E-state index in [0.717, 1.165) is 5.56 Å². The number of nitrogens with zero attached hydrogens (tertiary/aromatic N) is 1. The molecule has 12 heavy (non-hydrogen) atoms. The Labute approximate surface area is 71.7 Å². The first-order valence-corrected chi connectivity index (χ1v) is 3.48. The van der Waals surface area contributed by atoms with Crippen molar-refractivity contribution in [2.45, 2.75) is 6.92 Å². The molecule has 0 aliphatic carbocycles. The number of hydrogen-bond acceptors (Lipinski definition) is 3. The second-order valence-corrected chi connectivity index (χ2v) is 2.06. The molecule has 1 heterocycles. The summed E-state index contributed by atoms with van der Waals surface area (Å²) in [6, 6.07) is 1.72. The van der Waals surface area contributed by atoms with E-state index in [0.29, 0.717) is 5.75 Å². The molecule has 3 nitrogen and oxygen atoms in total. The van der Waals surface area contributed by atoms with Gasteiger partial charge in [0.05, 0.1) is 6.20 Å². The molecule has 0 spiro atoms. The highest BCUT2D eigenvalue weighted by molar-refractivity contribution is 6.17. The van der Waals surface area contributed by atoms with E-state index in [1.807, 2.05) is 0 Å². The summed E-state index contributed by atoms with van der Waals surface area (Å²) in [5, 5.41) is 8.45. The fraction of sp³-hybridized carbons (Fsp3) is 0.125. The Morgan fingerprint density at radius 2 is 2.42 bits per heavy atom. The molecular weight excluding hydrogens is 153 g/mol. The van der Waals surface area contributed by atoms with E-state index in [9.17, 15) is 0 Å². The normalized spacial score (nSPS) is 8.17. The van der Waals surface area contributed by atoms with Crippen LogP contribution in [0.25, 0.3) is 0 Å². The minimum atomic E-state index is -0.343. The van der Waals surface area contributed by atoms with Crippen molar-refractivity contribution in [1.82, 2.24) is 4.98 Å². The lowest BCUT2D eigenvalue weighted by atomic mass is 10.3. The molecule has 0 saturated carbocycles. The third kappa shape index (κ3) is 2.29. The van der Waals surface area contributed by atoms with E-state index in [1.165, 1.54) is 6.20 Å². The number of rotatable bonds is 2. The largest absolute Gasteiger partial charge is 0.538 e. The van der Waals surface area contributed by atoms with Gasteiger partial charge >= 0.3 is 7.69 Å². The zero-order valence-electron chi connectivity index (χ0n) is 6.74. The standard InChI is InChI=1S/C8H8BNO2/c1-2-3-7-4-8(12-9-11)6-10-5-7/h4-6,9,11H,1H3. The second-order valence-electron chi connectivity index (χ2n) is 2.06. The summed E-state index contributed by atoms with van der Waals surface area (Å²) in [4.78, 5) is 3.88. The SMILES string of the molecule is CC#Cc1cncc(OBO)c1. The Hall–Kier alpha value is -1.47. The lowest BCUT2D eigenvalue weighted by molar-refractivity contribution is 0.452. The summed E-state index contributed by atoms with van der Waals surface area (Å²) < 4.78 is 4.82. The Morgan fingerprint density at radius 3 is 3.08 bits per heavy atom. The second kappa shape index (κ2) is 4.42. The average Bonchev–Trinajstić information content (AvgIpc) is 2.06. The zero-order chi connectivity index (χ0) is 8.81. The van der Waals surface area contributed by atoms with E-state index in [2.05, 4.69) is 16.8 Å². The molecule has 0 atom stereocenters. The van der Waals surface area contributed by atoms with Crippen molar-refractivity contribution in [1.29, 1.82) is 0 Å². The highest BCUT2D eigenvalue weighted by Crippen LogP contribution is 2.08. The Kier molecular flexibility index (Phi) is 3.18. The molecule has 0 saturated heterocycles. The zero-order valence-corrected chi connectivity index (χ0v) is 6.74. The first-order valence-electron chi connectivity index (χ1n) is 3.48. The maximum Gasteiger partial charge on any atom is 0.504 e. The summed E-state index contributed by atoms with van der Waals surface area (Å²) in [5.41, 5.74) is 0.781. The van der Waals surface area contributed by atoms with E-state index in [-0.39, 0.29) is 7.69 Å². The van der Waals surface area contributed by atoms with Crippen LogP contribution in [-0.2, 0) is 0 Å². The molecule has 1 N–H and O–H groups in total. The number of aromatic nitrogens is 1. The van der Waals surface area contributed by atoms with Crippen molar-refractivity contribution in [2.24, 2.45) is 0 Å². The van der Waals surface area contributed by atoms with Crippen LogP contribution in [0, 0.1) is 11.8 Å². The van der Waals surface area contributed by atoms with Gasteiger partial charge in [-0.1, -0.05) is 5.92 Å². The van der Waals surface area contributed by atoms with Gasteiger partial charge in [-0.3, -0.25) is 4.98 Å². The molecule has 0 aliphatic rings. The van der Waals surface area contributed by atoms with Crippen LogP contribution >= 0.6 is 0 Å². The Morgan fingerprint density at radius 1 is 1.58 bits per heavy atom. The minimum absolute atomic E-state index is 0.343. The van der Waals surface area contributed by atoms with Gasteiger partial charge in [0.15, 0.2) is 0 Å². The number of pyridine rings is 1. The molecule has 1 rings (SSSR count). The Bertz CT molecular complexity index is 316. The van der Waals surface area contributed by atoms with Gasteiger partial charge in [0, 0.05) is 11.8 Å². The molecule has 0 unspecified atom stereocenters. The molecule has 0 radical (unpaired) electrons. The van der Waals surface area contributed by atoms with Crippen molar-refractivity contribution >= 4 is 7.69 Å². The van der Waals surface area contributed by atoms with Gasteiger partial charge in [-0.2, -0.15) is 0 Å². The highest BCUT2D eigenvalue weighted by atomic mass is 16.5. The summed E-state index contributed by atoms with van der Waals surface area (Å²) in [6.45, 7) is 1.75. The van der Waals surface area contributed by atoms with Crippen LogP contribution in [0.4, 0.5) is 0 Å². The molecule has 0 aliphatic heterocycles. The lowest BCUT2D eigenvalue weighted by Crippen LogP contribution is -2.00. The van der Waals surface area contributed by atoms with Crippen LogP contribution in [0.15, 0.2) is 18.5 Å². The van der Waals surface area contributed by atoms with Gasteiger partial charge in [-0.25, -0.2) is 0 Å². The third-order valence-electron chi connectivity index (χ3n) is 1.21. The smallest absolute Gasteiger partial charge is 0.504 e.